The van der Waals surface area contributed by atoms with Gasteiger partial charge >= 0.3 is 5.63 Å². The van der Waals surface area contributed by atoms with Crippen molar-refractivity contribution >= 4 is 10.0 Å². The quantitative estimate of drug-likeness (QED) is 0.643. The van der Waals surface area contributed by atoms with Crippen LogP contribution in [0.15, 0.2) is 74.8 Å². The van der Waals surface area contributed by atoms with Crippen molar-refractivity contribution in [2.24, 2.45) is 0 Å². The highest BCUT2D eigenvalue weighted by Gasteiger charge is 2.38. The van der Waals surface area contributed by atoms with Crippen LogP contribution in [0.4, 0.5) is 0 Å². The van der Waals surface area contributed by atoms with Crippen LogP contribution in [0.2, 0.25) is 0 Å². The number of sulfonamides is 1. The third-order valence-corrected chi connectivity index (χ3v) is 6.71. The Labute approximate surface area is 169 Å². The molecule has 1 aromatic heterocycles. The first-order chi connectivity index (χ1) is 13.8. The zero-order valence-electron chi connectivity index (χ0n) is 16.2. The van der Waals surface area contributed by atoms with Crippen LogP contribution < -0.4 is 10.4 Å². The predicted molar refractivity (Wildman–Crippen MR) is 110 cm³/mol. The monoisotopic (exact) mass is 411 g/mol. The second kappa shape index (κ2) is 7.50. The molecule has 0 saturated carbocycles. The van der Waals surface area contributed by atoms with Crippen molar-refractivity contribution in [3.63, 3.8) is 0 Å². The van der Waals surface area contributed by atoms with E-state index in [0.29, 0.717) is 11.5 Å². The molecule has 0 unspecified atom stereocenters. The molecule has 29 heavy (non-hydrogen) atoms. The third kappa shape index (κ3) is 4.11. The van der Waals surface area contributed by atoms with Crippen LogP contribution in [0, 0.1) is 13.8 Å². The Morgan fingerprint density at radius 1 is 0.931 bits per heavy atom. The van der Waals surface area contributed by atoms with Crippen molar-refractivity contribution in [3.05, 3.63) is 82.4 Å². The highest BCUT2D eigenvalue weighted by molar-refractivity contribution is 7.89. The van der Waals surface area contributed by atoms with Crippen LogP contribution in [-0.2, 0) is 10.0 Å². The van der Waals surface area contributed by atoms with Crippen LogP contribution in [-0.4, -0.2) is 31.9 Å². The molecule has 1 saturated heterocycles. The van der Waals surface area contributed by atoms with E-state index in [2.05, 4.69) is 0 Å². The van der Waals surface area contributed by atoms with Crippen molar-refractivity contribution < 1.29 is 17.6 Å². The minimum absolute atomic E-state index is 0.237. The lowest BCUT2D eigenvalue weighted by molar-refractivity contribution is 0.0754. The van der Waals surface area contributed by atoms with Crippen molar-refractivity contribution in [1.29, 1.82) is 0 Å². The number of ether oxygens (including phenoxy) is 1. The van der Waals surface area contributed by atoms with E-state index in [1.807, 2.05) is 43.3 Å². The first-order valence-electron chi connectivity index (χ1n) is 9.27. The van der Waals surface area contributed by atoms with Gasteiger partial charge in [-0.3, -0.25) is 0 Å². The van der Waals surface area contributed by atoms with E-state index >= 15 is 0 Å². The summed E-state index contributed by atoms with van der Waals surface area (Å²) in [5.41, 5.74) is 2.69. The standard InChI is InChI=1S/C22H21NO5S/c1-15-3-5-17(6-4-15)18-7-9-21(10-8-18)29(25,26)23-13-20(14-23)28-19-11-16(2)27-22(24)12-19/h3-12,20H,13-14H2,1-2H3. The second-order valence-electron chi connectivity index (χ2n) is 7.18. The lowest BCUT2D eigenvalue weighted by atomic mass is 10.0. The summed E-state index contributed by atoms with van der Waals surface area (Å²) >= 11 is 0. The highest BCUT2D eigenvalue weighted by Crippen LogP contribution is 2.27. The fourth-order valence-corrected chi connectivity index (χ4v) is 4.73. The number of benzene rings is 2. The van der Waals surface area contributed by atoms with Crippen LogP contribution in [0.25, 0.3) is 11.1 Å². The molecular formula is C22H21NO5S. The molecule has 0 atom stereocenters. The SMILES string of the molecule is Cc1ccc(-c2ccc(S(=O)(=O)N3CC(Oc4cc(C)oc(=O)c4)C3)cc2)cc1. The molecule has 1 aliphatic heterocycles. The van der Waals surface area contributed by atoms with E-state index in [1.54, 1.807) is 25.1 Å². The minimum Gasteiger partial charge on any atom is -0.487 e. The summed E-state index contributed by atoms with van der Waals surface area (Å²) in [6.07, 6.45) is -0.294. The summed E-state index contributed by atoms with van der Waals surface area (Å²) in [5, 5.41) is 0. The molecule has 6 nitrogen and oxygen atoms in total. The molecule has 1 fully saturated rings. The average Bonchev–Trinajstić information content (AvgIpc) is 2.64. The van der Waals surface area contributed by atoms with E-state index < -0.39 is 15.6 Å². The Hall–Kier alpha value is -2.90. The lowest BCUT2D eigenvalue weighted by Gasteiger charge is -2.37. The highest BCUT2D eigenvalue weighted by atomic mass is 32.2. The summed E-state index contributed by atoms with van der Waals surface area (Å²) < 4.78 is 37.6. The van der Waals surface area contributed by atoms with E-state index in [4.69, 9.17) is 9.15 Å². The maximum absolute atomic E-state index is 12.8. The number of nitrogens with zero attached hydrogens (tertiary/aromatic N) is 1. The first kappa shape index (κ1) is 19.4. The van der Waals surface area contributed by atoms with Crippen LogP contribution >= 0.6 is 0 Å². The second-order valence-corrected chi connectivity index (χ2v) is 9.11. The van der Waals surface area contributed by atoms with Gasteiger partial charge in [-0.2, -0.15) is 4.31 Å². The summed E-state index contributed by atoms with van der Waals surface area (Å²) in [6, 6.07) is 17.8. The van der Waals surface area contributed by atoms with Gasteiger partial charge in [0.2, 0.25) is 10.0 Å². The van der Waals surface area contributed by atoms with Gasteiger partial charge in [0.25, 0.3) is 0 Å². The smallest absolute Gasteiger partial charge is 0.339 e. The summed E-state index contributed by atoms with van der Waals surface area (Å²) in [5.74, 6) is 0.841. The fraction of sp³-hybridized carbons (Fsp3) is 0.227. The van der Waals surface area contributed by atoms with Gasteiger partial charge in [0.05, 0.1) is 24.1 Å². The van der Waals surface area contributed by atoms with Crippen molar-refractivity contribution in [2.45, 2.75) is 24.8 Å². The van der Waals surface area contributed by atoms with Gasteiger partial charge in [0, 0.05) is 6.07 Å². The predicted octanol–water partition coefficient (Wildman–Crippen LogP) is 3.38. The molecule has 0 spiro atoms. The van der Waals surface area contributed by atoms with Gasteiger partial charge in [0.1, 0.15) is 17.6 Å². The van der Waals surface area contributed by atoms with Crippen molar-refractivity contribution in [2.75, 3.05) is 13.1 Å². The molecule has 2 aromatic carbocycles. The van der Waals surface area contributed by atoms with Crippen molar-refractivity contribution in [1.82, 2.24) is 4.31 Å². The molecule has 2 heterocycles. The molecule has 4 rings (SSSR count). The molecule has 150 valence electrons. The maximum Gasteiger partial charge on any atom is 0.339 e. The topological polar surface area (TPSA) is 76.8 Å². The van der Waals surface area contributed by atoms with Crippen LogP contribution in [0.5, 0.6) is 5.75 Å². The number of aryl methyl sites for hydroxylation is 2. The Bertz CT molecular complexity index is 1180. The summed E-state index contributed by atoms with van der Waals surface area (Å²) in [6.45, 7) is 4.16. The largest absolute Gasteiger partial charge is 0.487 e. The average molecular weight is 411 g/mol. The van der Waals surface area contributed by atoms with E-state index in [0.717, 1.165) is 11.1 Å². The van der Waals surface area contributed by atoms with Gasteiger partial charge < -0.3 is 9.15 Å². The third-order valence-electron chi connectivity index (χ3n) is 4.86. The van der Waals surface area contributed by atoms with E-state index in [9.17, 15) is 13.2 Å². The molecule has 1 aliphatic rings. The van der Waals surface area contributed by atoms with Crippen molar-refractivity contribution in [3.8, 4) is 16.9 Å². The Balaban J connectivity index is 1.43. The number of hydrogen-bond acceptors (Lipinski definition) is 5. The zero-order valence-corrected chi connectivity index (χ0v) is 17.0. The molecule has 3 aromatic rings. The van der Waals surface area contributed by atoms with E-state index in [-0.39, 0.29) is 24.1 Å². The van der Waals surface area contributed by atoms with E-state index in [1.165, 1.54) is 15.9 Å². The number of hydrogen-bond donors (Lipinski definition) is 0. The Kier molecular flexibility index (Phi) is 5.02. The Morgan fingerprint density at radius 2 is 1.52 bits per heavy atom. The van der Waals surface area contributed by atoms with Gasteiger partial charge in [-0.25, -0.2) is 13.2 Å². The molecule has 0 bridgehead atoms. The van der Waals surface area contributed by atoms with Gasteiger partial charge in [-0.1, -0.05) is 42.0 Å². The molecule has 0 aliphatic carbocycles. The zero-order chi connectivity index (χ0) is 20.6. The van der Waals surface area contributed by atoms with Crippen LogP contribution in [0.1, 0.15) is 11.3 Å². The fourth-order valence-electron chi connectivity index (χ4n) is 3.22. The maximum atomic E-state index is 12.8. The minimum atomic E-state index is -3.58. The summed E-state index contributed by atoms with van der Waals surface area (Å²) in [7, 11) is -3.58. The Morgan fingerprint density at radius 3 is 2.10 bits per heavy atom. The molecule has 7 heteroatoms. The number of rotatable bonds is 5. The first-order valence-corrected chi connectivity index (χ1v) is 10.7. The molecule has 0 N–H and O–H groups in total. The van der Waals surface area contributed by atoms with Gasteiger partial charge in [0.15, 0.2) is 0 Å². The molecular weight excluding hydrogens is 390 g/mol. The lowest BCUT2D eigenvalue weighted by Crippen LogP contribution is -2.55. The van der Waals surface area contributed by atoms with Gasteiger partial charge in [-0.15, -0.1) is 0 Å². The van der Waals surface area contributed by atoms with Crippen LogP contribution in [0.3, 0.4) is 0 Å². The summed E-state index contributed by atoms with van der Waals surface area (Å²) in [4.78, 5) is 11.7. The van der Waals surface area contributed by atoms with Gasteiger partial charge in [-0.05, 0) is 37.1 Å². The molecule has 0 radical (unpaired) electrons. The normalized spacial score (nSPS) is 15.1. The molecule has 0 amide bonds.